The van der Waals surface area contributed by atoms with E-state index >= 15 is 0 Å². The third-order valence-corrected chi connectivity index (χ3v) is 4.01. The summed E-state index contributed by atoms with van der Waals surface area (Å²) in [6, 6.07) is 3.27. The normalized spacial score (nSPS) is 15.6. The van der Waals surface area contributed by atoms with E-state index in [-0.39, 0.29) is 11.7 Å². The smallest absolute Gasteiger partial charge is 0.338 e. The SMILES string of the molecule is O=C(O)c1ccc(NC(=O)N2CCCSCC2)cc1F. The van der Waals surface area contributed by atoms with E-state index < -0.39 is 17.3 Å². The number of rotatable bonds is 2. The molecule has 1 aliphatic heterocycles. The van der Waals surface area contributed by atoms with E-state index in [1.54, 1.807) is 16.7 Å². The lowest BCUT2D eigenvalue weighted by atomic mass is 10.2. The molecule has 108 valence electrons. The molecule has 1 saturated heterocycles. The van der Waals surface area contributed by atoms with Crippen LogP contribution in [0.3, 0.4) is 0 Å². The summed E-state index contributed by atoms with van der Waals surface area (Å²) in [5.41, 5.74) is -0.149. The maximum atomic E-state index is 13.5. The molecule has 2 amide bonds. The second kappa shape index (κ2) is 6.60. The highest BCUT2D eigenvalue weighted by Gasteiger charge is 2.17. The number of amides is 2. The summed E-state index contributed by atoms with van der Waals surface area (Å²) in [5.74, 6) is -0.266. The first-order valence-electron chi connectivity index (χ1n) is 6.24. The summed E-state index contributed by atoms with van der Waals surface area (Å²) in [4.78, 5) is 24.4. The first kappa shape index (κ1) is 14.6. The van der Waals surface area contributed by atoms with Gasteiger partial charge in [0.1, 0.15) is 5.82 Å². The second-order valence-electron chi connectivity index (χ2n) is 4.38. The van der Waals surface area contributed by atoms with Crippen LogP contribution in [-0.2, 0) is 0 Å². The van der Waals surface area contributed by atoms with Gasteiger partial charge in [-0.3, -0.25) is 0 Å². The summed E-state index contributed by atoms with van der Waals surface area (Å²) < 4.78 is 13.5. The van der Waals surface area contributed by atoms with Crippen molar-refractivity contribution in [2.75, 3.05) is 29.9 Å². The largest absolute Gasteiger partial charge is 0.478 e. The van der Waals surface area contributed by atoms with Crippen LogP contribution in [0.15, 0.2) is 18.2 Å². The average molecular weight is 298 g/mol. The monoisotopic (exact) mass is 298 g/mol. The topological polar surface area (TPSA) is 69.6 Å². The Bertz CT molecular complexity index is 516. The lowest BCUT2D eigenvalue weighted by Gasteiger charge is -2.20. The van der Waals surface area contributed by atoms with Crippen molar-refractivity contribution in [2.24, 2.45) is 0 Å². The van der Waals surface area contributed by atoms with Gasteiger partial charge in [-0.2, -0.15) is 11.8 Å². The number of carbonyl (C=O) groups is 2. The van der Waals surface area contributed by atoms with Gasteiger partial charge in [0.15, 0.2) is 0 Å². The Morgan fingerprint density at radius 3 is 2.80 bits per heavy atom. The number of carboxylic acids is 1. The van der Waals surface area contributed by atoms with Gasteiger partial charge in [-0.05, 0) is 30.4 Å². The Balaban J connectivity index is 2.03. The summed E-state index contributed by atoms with van der Waals surface area (Å²) in [6.07, 6.45) is 0.935. The van der Waals surface area contributed by atoms with Gasteiger partial charge in [0.25, 0.3) is 0 Å². The predicted octanol–water partition coefficient (Wildman–Crippen LogP) is 2.49. The van der Waals surface area contributed by atoms with E-state index in [1.807, 2.05) is 0 Å². The molecule has 0 unspecified atom stereocenters. The number of thioether (sulfide) groups is 1. The van der Waals surface area contributed by atoms with Gasteiger partial charge in [0.05, 0.1) is 5.56 Å². The molecule has 1 heterocycles. The van der Waals surface area contributed by atoms with Gasteiger partial charge in [-0.15, -0.1) is 0 Å². The molecule has 0 aromatic heterocycles. The molecule has 0 spiro atoms. The maximum Gasteiger partial charge on any atom is 0.338 e. The minimum absolute atomic E-state index is 0.259. The van der Waals surface area contributed by atoms with Crippen molar-refractivity contribution in [3.63, 3.8) is 0 Å². The molecule has 0 aliphatic carbocycles. The van der Waals surface area contributed by atoms with Crippen molar-refractivity contribution >= 4 is 29.4 Å². The molecule has 0 saturated carbocycles. The minimum atomic E-state index is -1.33. The van der Waals surface area contributed by atoms with Crippen LogP contribution < -0.4 is 5.32 Å². The first-order chi connectivity index (χ1) is 9.58. The van der Waals surface area contributed by atoms with Gasteiger partial charge in [0.2, 0.25) is 0 Å². The van der Waals surface area contributed by atoms with E-state index in [0.29, 0.717) is 13.1 Å². The van der Waals surface area contributed by atoms with Crippen LogP contribution in [0.4, 0.5) is 14.9 Å². The standard InChI is InChI=1S/C13H15FN2O3S/c14-11-8-9(2-3-10(11)12(17)18)15-13(19)16-4-1-6-20-7-5-16/h2-3,8H,1,4-7H2,(H,15,19)(H,17,18). The van der Waals surface area contributed by atoms with Gasteiger partial charge in [0, 0.05) is 24.5 Å². The van der Waals surface area contributed by atoms with Gasteiger partial charge >= 0.3 is 12.0 Å². The number of carboxylic acid groups (broad SMARTS) is 1. The third kappa shape index (κ3) is 3.63. The van der Waals surface area contributed by atoms with Crippen LogP contribution in [0.1, 0.15) is 16.8 Å². The minimum Gasteiger partial charge on any atom is -0.478 e. The molecule has 7 heteroatoms. The Labute approximate surface area is 120 Å². The number of benzene rings is 1. The van der Waals surface area contributed by atoms with Crippen molar-refractivity contribution in [2.45, 2.75) is 6.42 Å². The number of halogens is 1. The fourth-order valence-corrected chi connectivity index (χ4v) is 2.80. The highest BCUT2D eigenvalue weighted by molar-refractivity contribution is 7.99. The first-order valence-corrected chi connectivity index (χ1v) is 7.40. The molecule has 1 fully saturated rings. The Hall–Kier alpha value is -1.76. The number of anilines is 1. The lowest BCUT2D eigenvalue weighted by Crippen LogP contribution is -2.36. The van der Waals surface area contributed by atoms with E-state index in [1.165, 1.54) is 6.07 Å². The Morgan fingerprint density at radius 1 is 1.30 bits per heavy atom. The zero-order chi connectivity index (χ0) is 14.5. The van der Waals surface area contributed by atoms with Gasteiger partial charge in [-0.25, -0.2) is 14.0 Å². The van der Waals surface area contributed by atoms with Crippen molar-refractivity contribution < 1.29 is 19.1 Å². The zero-order valence-electron chi connectivity index (χ0n) is 10.8. The predicted molar refractivity (Wildman–Crippen MR) is 75.9 cm³/mol. The second-order valence-corrected chi connectivity index (χ2v) is 5.61. The highest BCUT2D eigenvalue weighted by atomic mass is 32.2. The number of hydrogen-bond acceptors (Lipinski definition) is 3. The molecule has 1 aromatic rings. The summed E-state index contributed by atoms with van der Waals surface area (Å²) in [6.45, 7) is 1.33. The fraction of sp³-hybridized carbons (Fsp3) is 0.385. The molecule has 0 bridgehead atoms. The van der Waals surface area contributed by atoms with Crippen LogP contribution in [0.2, 0.25) is 0 Å². The molecule has 2 N–H and O–H groups in total. The number of carbonyl (C=O) groups excluding carboxylic acids is 1. The van der Waals surface area contributed by atoms with Gasteiger partial charge < -0.3 is 15.3 Å². The Kier molecular flexibility index (Phi) is 4.84. The molecule has 5 nitrogen and oxygen atoms in total. The van der Waals surface area contributed by atoms with E-state index in [9.17, 15) is 14.0 Å². The summed E-state index contributed by atoms with van der Waals surface area (Å²) >= 11 is 1.80. The molecule has 1 aromatic carbocycles. The molecule has 2 rings (SSSR count). The molecule has 20 heavy (non-hydrogen) atoms. The number of nitrogens with zero attached hydrogens (tertiary/aromatic N) is 1. The average Bonchev–Trinajstić information content (AvgIpc) is 2.67. The third-order valence-electron chi connectivity index (χ3n) is 2.96. The summed E-state index contributed by atoms with van der Waals surface area (Å²) in [5, 5.41) is 11.3. The fourth-order valence-electron chi connectivity index (χ4n) is 1.92. The van der Waals surface area contributed by atoms with E-state index in [4.69, 9.17) is 5.11 Å². The van der Waals surface area contributed by atoms with Crippen molar-refractivity contribution in [1.82, 2.24) is 4.90 Å². The van der Waals surface area contributed by atoms with Crippen LogP contribution in [0.5, 0.6) is 0 Å². The number of urea groups is 1. The number of hydrogen-bond donors (Lipinski definition) is 2. The molecule has 0 radical (unpaired) electrons. The van der Waals surface area contributed by atoms with Crippen molar-refractivity contribution in [1.29, 1.82) is 0 Å². The van der Waals surface area contributed by atoms with Crippen LogP contribution in [0.25, 0.3) is 0 Å². The Morgan fingerprint density at radius 2 is 2.10 bits per heavy atom. The summed E-state index contributed by atoms with van der Waals surface area (Å²) in [7, 11) is 0. The zero-order valence-corrected chi connectivity index (χ0v) is 11.6. The molecule has 1 aliphatic rings. The molecule has 0 atom stereocenters. The van der Waals surface area contributed by atoms with Crippen LogP contribution in [-0.4, -0.2) is 46.6 Å². The van der Waals surface area contributed by atoms with E-state index in [0.717, 1.165) is 30.1 Å². The number of nitrogens with one attached hydrogen (secondary N) is 1. The van der Waals surface area contributed by atoms with Gasteiger partial charge in [-0.1, -0.05) is 0 Å². The quantitative estimate of drug-likeness (QED) is 0.880. The van der Waals surface area contributed by atoms with Crippen molar-refractivity contribution in [3.05, 3.63) is 29.6 Å². The molecular weight excluding hydrogens is 283 g/mol. The van der Waals surface area contributed by atoms with Crippen LogP contribution in [0, 0.1) is 5.82 Å². The van der Waals surface area contributed by atoms with Crippen molar-refractivity contribution in [3.8, 4) is 0 Å². The maximum absolute atomic E-state index is 13.5. The lowest BCUT2D eigenvalue weighted by molar-refractivity contribution is 0.0692. The highest BCUT2D eigenvalue weighted by Crippen LogP contribution is 2.16. The number of aromatic carboxylic acids is 1. The van der Waals surface area contributed by atoms with Crippen LogP contribution >= 0.6 is 11.8 Å². The molecular formula is C13H15FN2O3S. The van der Waals surface area contributed by atoms with E-state index in [2.05, 4.69) is 5.32 Å².